The number of halogens is 1. The Labute approximate surface area is 227 Å². The molecule has 2 heterocycles. The predicted molar refractivity (Wildman–Crippen MR) is 162 cm³/mol. The van der Waals surface area contributed by atoms with Crippen molar-refractivity contribution in [3.8, 4) is 0 Å². The van der Waals surface area contributed by atoms with Crippen molar-refractivity contribution in [2.45, 2.75) is 85.5 Å². The molecule has 0 atom stereocenters. The third-order valence-electron chi connectivity index (χ3n) is 6.65. The highest BCUT2D eigenvalue weighted by atomic mass is 32.1. The van der Waals surface area contributed by atoms with Gasteiger partial charge in [-0.2, -0.15) is 0 Å². The number of pyridine rings is 1. The third-order valence-corrected chi connectivity index (χ3v) is 7.93. The predicted octanol–water partition coefficient (Wildman–Crippen LogP) is 9.59. The summed E-state index contributed by atoms with van der Waals surface area (Å²) in [5.41, 5.74) is 14.5. The Bertz CT molecular complexity index is 1160. The van der Waals surface area contributed by atoms with Gasteiger partial charge in [0.05, 0.1) is 28.0 Å². The van der Waals surface area contributed by atoms with Gasteiger partial charge in [-0.25, -0.2) is 0 Å². The Morgan fingerprint density at radius 2 is 1.76 bits per heavy atom. The minimum Gasteiger partial charge on any atom is -0.399 e. The number of nitrogens with zero attached hydrogens (tertiary/aromatic N) is 2. The molecule has 3 nitrogen and oxygen atoms in total. The molecule has 0 unspecified atom stereocenters. The molecule has 3 aromatic rings. The normalized spacial score (nSPS) is 14.4. The Hall–Kier alpha value is -2.79. The van der Waals surface area contributed by atoms with Crippen LogP contribution in [0.1, 0.15) is 93.2 Å². The number of thiophene rings is 1. The number of hydrogen-bond acceptors (Lipinski definition) is 4. The number of nitrogens with two attached hydrogens (primary N) is 1. The molecule has 2 N–H and O–H groups in total. The summed E-state index contributed by atoms with van der Waals surface area (Å²) in [4.78, 5) is 10.5. The number of benzene rings is 1. The second-order valence-electron chi connectivity index (χ2n) is 9.53. The number of aliphatic imine (C=N–C) groups is 1. The molecule has 0 saturated heterocycles. The first kappa shape index (κ1) is 30.4. The topological polar surface area (TPSA) is 51.3 Å². The highest BCUT2D eigenvalue weighted by Crippen LogP contribution is 2.41. The molecule has 5 heteroatoms. The van der Waals surface area contributed by atoms with E-state index in [9.17, 15) is 4.39 Å². The molecule has 1 aliphatic rings. The first-order valence-corrected chi connectivity index (χ1v) is 14.2. The van der Waals surface area contributed by atoms with Crippen LogP contribution in [0.25, 0.3) is 10.2 Å². The van der Waals surface area contributed by atoms with Crippen LogP contribution in [0.2, 0.25) is 0 Å². The maximum Gasteiger partial charge on any atom is 0.0819 e. The van der Waals surface area contributed by atoms with Gasteiger partial charge in [-0.1, -0.05) is 74.6 Å². The first-order valence-electron chi connectivity index (χ1n) is 13.4. The molecule has 1 saturated carbocycles. The van der Waals surface area contributed by atoms with Gasteiger partial charge in [0.1, 0.15) is 0 Å². The fourth-order valence-corrected chi connectivity index (χ4v) is 5.17. The fourth-order valence-electron chi connectivity index (χ4n) is 4.01. The zero-order valence-corrected chi connectivity index (χ0v) is 24.3. The summed E-state index contributed by atoms with van der Waals surface area (Å²) < 4.78 is 10.8. The zero-order chi connectivity index (χ0) is 27.2. The summed E-state index contributed by atoms with van der Waals surface area (Å²) in [6, 6.07) is 12.9. The standard InChI is InChI=1S/C23H31N3S.C8H10.CH3F/c1-4-6-7-11-20(24)17(5-2)15-26-16(3)22-14-21-23(27-22)19(12-13-25-21)18-9-8-10-18;1-7-3-5-8(2)6-4-7;1-2/h11-15,18H,4-10,24H2,1-3H3;3-6H,1-2H3;1H3/b17-15+,20-11+,26-16?;;. The molecular formula is C32H44FN3S. The largest absolute Gasteiger partial charge is 0.399 e. The first-order chi connectivity index (χ1) is 17.9. The van der Waals surface area contributed by atoms with E-state index in [1.54, 1.807) is 0 Å². The van der Waals surface area contributed by atoms with Gasteiger partial charge < -0.3 is 5.73 Å². The molecule has 4 rings (SSSR count). The van der Waals surface area contributed by atoms with Crippen molar-refractivity contribution in [3.05, 3.63) is 87.7 Å². The maximum atomic E-state index is 9.50. The van der Waals surface area contributed by atoms with E-state index in [0.29, 0.717) is 7.18 Å². The summed E-state index contributed by atoms with van der Waals surface area (Å²) in [5, 5.41) is 0. The summed E-state index contributed by atoms with van der Waals surface area (Å²) >= 11 is 1.83. The van der Waals surface area contributed by atoms with Crippen LogP contribution in [0.5, 0.6) is 0 Å². The molecule has 2 aromatic heterocycles. The van der Waals surface area contributed by atoms with E-state index in [0.717, 1.165) is 41.3 Å². The van der Waals surface area contributed by atoms with Gasteiger partial charge in [0.25, 0.3) is 0 Å². The quantitative estimate of drug-likeness (QED) is 0.182. The molecule has 1 aromatic carbocycles. The van der Waals surface area contributed by atoms with Crippen molar-refractivity contribution in [1.82, 2.24) is 4.98 Å². The van der Waals surface area contributed by atoms with Gasteiger partial charge >= 0.3 is 0 Å². The van der Waals surface area contributed by atoms with Gasteiger partial charge in [-0.05, 0) is 75.6 Å². The molecular weight excluding hydrogens is 477 g/mol. The van der Waals surface area contributed by atoms with Crippen LogP contribution in [-0.2, 0) is 0 Å². The summed E-state index contributed by atoms with van der Waals surface area (Å²) in [7, 11) is 0.500. The number of alkyl halides is 1. The van der Waals surface area contributed by atoms with Crippen LogP contribution in [0, 0.1) is 13.8 Å². The lowest BCUT2D eigenvalue weighted by Crippen LogP contribution is -2.08. The summed E-state index contributed by atoms with van der Waals surface area (Å²) in [6.07, 6.45) is 14.3. The molecule has 0 bridgehead atoms. The van der Waals surface area contributed by atoms with Crippen molar-refractivity contribution < 1.29 is 4.39 Å². The minimum atomic E-state index is 0.500. The van der Waals surface area contributed by atoms with Crippen molar-refractivity contribution >= 4 is 27.3 Å². The van der Waals surface area contributed by atoms with E-state index < -0.39 is 0 Å². The van der Waals surface area contributed by atoms with E-state index >= 15 is 0 Å². The Kier molecular flexibility index (Phi) is 13.3. The van der Waals surface area contributed by atoms with Gasteiger partial charge in [-0.3, -0.25) is 14.4 Å². The second kappa shape index (κ2) is 16.1. The molecule has 0 radical (unpaired) electrons. The Balaban J connectivity index is 0.000000406. The maximum absolute atomic E-state index is 9.50. The smallest absolute Gasteiger partial charge is 0.0819 e. The molecule has 1 aliphatic carbocycles. The van der Waals surface area contributed by atoms with Gasteiger partial charge in [0, 0.05) is 18.1 Å². The number of unbranched alkanes of at least 4 members (excludes halogenated alkanes) is 2. The second-order valence-corrected chi connectivity index (χ2v) is 10.6. The molecule has 200 valence electrons. The van der Waals surface area contributed by atoms with Crippen LogP contribution in [0.15, 0.2) is 71.1 Å². The molecule has 37 heavy (non-hydrogen) atoms. The van der Waals surface area contributed by atoms with Gasteiger partial charge in [-0.15, -0.1) is 11.3 Å². The lowest BCUT2D eigenvalue weighted by atomic mass is 9.80. The number of aryl methyl sites for hydroxylation is 2. The van der Waals surface area contributed by atoms with E-state index in [4.69, 9.17) is 10.7 Å². The highest BCUT2D eigenvalue weighted by Gasteiger charge is 2.22. The monoisotopic (exact) mass is 521 g/mol. The lowest BCUT2D eigenvalue weighted by molar-refractivity contribution is 0.422. The highest BCUT2D eigenvalue weighted by molar-refractivity contribution is 7.21. The van der Waals surface area contributed by atoms with Crippen LogP contribution in [0.4, 0.5) is 4.39 Å². The van der Waals surface area contributed by atoms with E-state index in [1.807, 2.05) is 23.7 Å². The van der Waals surface area contributed by atoms with Crippen LogP contribution < -0.4 is 5.73 Å². The van der Waals surface area contributed by atoms with Crippen molar-refractivity contribution in [2.24, 2.45) is 10.7 Å². The molecule has 0 aliphatic heterocycles. The fraction of sp³-hybridized carbons (Fsp3) is 0.438. The van der Waals surface area contributed by atoms with Crippen molar-refractivity contribution in [1.29, 1.82) is 0 Å². The van der Waals surface area contributed by atoms with Crippen molar-refractivity contribution in [2.75, 3.05) is 7.18 Å². The molecule has 1 fully saturated rings. The third kappa shape index (κ3) is 9.23. The average molecular weight is 522 g/mol. The van der Waals surface area contributed by atoms with Crippen molar-refractivity contribution in [3.63, 3.8) is 0 Å². The number of hydrogen-bond donors (Lipinski definition) is 1. The van der Waals surface area contributed by atoms with E-state index in [2.05, 4.69) is 82.1 Å². The zero-order valence-electron chi connectivity index (χ0n) is 23.5. The SMILES string of the molecule is CCCC/C=C(N)\C(=C\N=C(C)c1cc2nccc(C3CCC3)c2s1)CC.CF.Cc1ccc(C)cc1. The Morgan fingerprint density at radius 1 is 1.11 bits per heavy atom. The van der Waals surface area contributed by atoms with Crippen LogP contribution >= 0.6 is 11.3 Å². The van der Waals surface area contributed by atoms with Gasteiger partial charge in [0.15, 0.2) is 0 Å². The van der Waals surface area contributed by atoms with E-state index in [-0.39, 0.29) is 0 Å². The van der Waals surface area contributed by atoms with Crippen LogP contribution in [0.3, 0.4) is 0 Å². The summed E-state index contributed by atoms with van der Waals surface area (Å²) in [6.45, 7) is 10.6. The number of rotatable bonds is 8. The van der Waals surface area contributed by atoms with Crippen LogP contribution in [-0.4, -0.2) is 17.9 Å². The van der Waals surface area contributed by atoms with E-state index in [1.165, 1.54) is 58.4 Å². The number of fused-ring (bicyclic) bond motifs is 1. The minimum absolute atomic E-state index is 0.500. The summed E-state index contributed by atoms with van der Waals surface area (Å²) in [5.74, 6) is 0.721. The lowest BCUT2D eigenvalue weighted by Gasteiger charge is -2.25. The molecule has 0 spiro atoms. The molecule has 0 amide bonds. The average Bonchev–Trinajstić information content (AvgIpc) is 3.32. The number of allylic oxidation sites excluding steroid dienone is 2. The number of aromatic nitrogens is 1. The van der Waals surface area contributed by atoms with Gasteiger partial charge in [0.2, 0.25) is 0 Å². The Morgan fingerprint density at radius 3 is 2.30 bits per heavy atom.